The molecule has 0 radical (unpaired) electrons. The molecular weight excluding hydrogens is 632 g/mol. The van der Waals surface area contributed by atoms with Crippen molar-refractivity contribution in [1.29, 1.82) is 0 Å². The fourth-order valence-electron chi connectivity index (χ4n) is 6.33. The van der Waals surface area contributed by atoms with E-state index in [1.165, 1.54) is 16.8 Å². The third-order valence-corrected chi connectivity index (χ3v) is 9.26. The van der Waals surface area contributed by atoms with Gasteiger partial charge < -0.3 is 28.6 Å². The third kappa shape index (κ3) is 6.81. The summed E-state index contributed by atoms with van der Waals surface area (Å²) >= 11 is 0. The van der Waals surface area contributed by atoms with Gasteiger partial charge in [0.25, 0.3) is 0 Å². The van der Waals surface area contributed by atoms with Crippen molar-refractivity contribution < 1.29 is 23.0 Å². The molecule has 2 aromatic heterocycles. The van der Waals surface area contributed by atoms with Crippen LogP contribution in [0.3, 0.4) is 0 Å². The molecule has 256 valence electrons. The number of hydrogen-bond donors (Lipinski definition) is 0. The summed E-state index contributed by atoms with van der Waals surface area (Å²) in [6.45, 7) is 7.98. The normalized spacial score (nSPS) is 20.1. The molecule has 3 atom stereocenters. The van der Waals surface area contributed by atoms with E-state index in [2.05, 4.69) is 32.0 Å². The monoisotopic (exact) mass is 671 g/mol. The second-order valence-corrected chi connectivity index (χ2v) is 12.4. The SMILES string of the molecule is CCC(C)n1ncn(-c2ccc(N3CCN(c4ccc(OC[C@@H]5CO[C@@](Cn6ccnc6)(c6ccc(F)cc6F)O5)cc4)CC3)cc2)c1=O. The van der Waals surface area contributed by atoms with Crippen LogP contribution >= 0.6 is 0 Å². The Balaban J connectivity index is 0.925. The van der Waals surface area contributed by atoms with Gasteiger partial charge in [-0.25, -0.2) is 27.8 Å². The molecule has 0 aliphatic carbocycles. The highest BCUT2D eigenvalue weighted by Crippen LogP contribution is 2.38. The molecule has 0 spiro atoms. The molecule has 2 aliphatic rings. The van der Waals surface area contributed by atoms with Crippen molar-refractivity contribution in [3.8, 4) is 11.4 Å². The van der Waals surface area contributed by atoms with E-state index >= 15 is 0 Å². The first-order valence-electron chi connectivity index (χ1n) is 16.5. The predicted octanol–water partition coefficient (Wildman–Crippen LogP) is 5.15. The highest BCUT2D eigenvalue weighted by atomic mass is 19.1. The molecular formula is C36H39F2N7O4. The Morgan fingerprint density at radius 3 is 2.24 bits per heavy atom. The van der Waals surface area contributed by atoms with Gasteiger partial charge in [-0.3, -0.25) is 0 Å². The van der Waals surface area contributed by atoms with E-state index in [0.717, 1.165) is 55.7 Å². The first-order valence-corrected chi connectivity index (χ1v) is 16.5. The summed E-state index contributed by atoms with van der Waals surface area (Å²) in [5, 5.41) is 4.29. The van der Waals surface area contributed by atoms with E-state index in [9.17, 15) is 13.6 Å². The second kappa shape index (κ2) is 13.8. The first kappa shape index (κ1) is 32.5. The standard InChI is InChI=1S/C36H39F2N7O4/c1-3-26(2)45-35(46)44(25-40-45)30-7-5-28(6-8-30)42-16-18-43(19-17-42)29-9-11-31(12-10-29)47-21-32-22-48-36(49-32,23-41-15-14-39-24-41)33-13-4-27(37)20-34(33)38/h4-15,20,24-26,32H,3,16-19,21-23H2,1-2H3/t26?,32-,36-/m1/s1. The maximum Gasteiger partial charge on any atom is 0.350 e. The summed E-state index contributed by atoms with van der Waals surface area (Å²) in [4.78, 5) is 21.5. The molecule has 7 rings (SSSR count). The summed E-state index contributed by atoms with van der Waals surface area (Å²) in [5.41, 5.74) is 3.01. The number of piperazine rings is 1. The minimum absolute atomic E-state index is 0.0537. The zero-order chi connectivity index (χ0) is 34.0. The fourth-order valence-corrected chi connectivity index (χ4v) is 6.33. The first-order chi connectivity index (χ1) is 23.8. The molecule has 0 saturated carbocycles. The molecule has 11 nitrogen and oxygen atoms in total. The van der Waals surface area contributed by atoms with Gasteiger partial charge in [-0.15, -0.1) is 0 Å². The number of ether oxygens (including phenoxy) is 3. The quantitative estimate of drug-likeness (QED) is 0.191. The highest BCUT2D eigenvalue weighted by molar-refractivity contribution is 5.54. The molecule has 0 N–H and O–H groups in total. The average molecular weight is 672 g/mol. The van der Waals surface area contributed by atoms with Crippen LogP contribution < -0.4 is 20.2 Å². The van der Waals surface area contributed by atoms with Crippen LogP contribution in [0.15, 0.2) is 96.6 Å². The number of rotatable bonds is 11. The van der Waals surface area contributed by atoms with Gasteiger partial charge in [0.2, 0.25) is 5.79 Å². The number of halogens is 2. The van der Waals surface area contributed by atoms with E-state index in [4.69, 9.17) is 14.2 Å². The van der Waals surface area contributed by atoms with Crippen molar-refractivity contribution in [2.45, 2.75) is 44.7 Å². The maximum atomic E-state index is 14.9. The van der Waals surface area contributed by atoms with Crippen molar-refractivity contribution in [3.63, 3.8) is 0 Å². The van der Waals surface area contributed by atoms with Gasteiger partial charge in [0.05, 0.1) is 31.2 Å². The summed E-state index contributed by atoms with van der Waals surface area (Å²) in [7, 11) is 0. The van der Waals surface area contributed by atoms with E-state index in [-0.39, 0.29) is 37.1 Å². The van der Waals surface area contributed by atoms with Crippen LogP contribution in [0, 0.1) is 11.6 Å². The van der Waals surface area contributed by atoms with Gasteiger partial charge >= 0.3 is 5.69 Å². The topological polar surface area (TPSA) is 91.8 Å². The largest absolute Gasteiger partial charge is 0.491 e. The maximum absolute atomic E-state index is 14.9. The van der Waals surface area contributed by atoms with Crippen molar-refractivity contribution >= 4 is 11.4 Å². The Bertz CT molecular complexity index is 1910. The minimum Gasteiger partial charge on any atom is -0.491 e. The lowest BCUT2D eigenvalue weighted by Gasteiger charge is -2.37. The predicted molar refractivity (Wildman–Crippen MR) is 180 cm³/mol. The third-order valence-electron chi connectivity index (χ3n) is 9.26. The Morgan fingerprint density at radius 2 is 1.61 bits per heavy atom. The van der Waals surface area contributed by atoms with Gasteiger partial charge in [0.15, 0.2) is 0 Å². The van der Waals surface area contributed by atoms with Crippen LogP contribution in [-0.4, -0.2) is 69.4 Å². The van der Waals surface area contributed by atoms with Crippen LogP contribution in [0.2, 0.25) is 0 Å². The van der Waals surface area contributed by atoms with Gasteiger partial charge in [-0.05, 0) is 74.0 Å². The van der Waals surface area contributed by atoms with E-state index < -0.39 is 23.5 Å². The van der Waals surface area contributed by atoms with Crippen molar-refractivity contribution in [1.82, 2.24) is 23.9 Å². The van der Waals surface area contributed by atoms with Crippen LogP contribution in [0.5, 0.6) is 5.75 Å². The number of imidazole rings is 1. The average Bonchev–Trinajstić information content (AvgIpc) is 3.88. The lowest BCUT2D eigenvalue weighted by Crippen LogP contribution is -2.46. The molecule has 13 heteroatoms. The second-order valence-electron chi connectivity index (χ2n) is 12.4. The Morgan fingerprint density at radius 1 is 0.939 bits per heavy atom. The van der Waals surface area contributed by atoms with Crippen molar-refractivity contribution in [2.24, 2.45) is 0 Å². The fraction of sp³-hybridized carbons (Fsp3) is 0.361. The lowest BCUT2D eigenvalue weighted by molar-refractivity contribution is -0.191. The smallest absolute Gasteiger partial charge is 0.350 e. The molecule has 0 bridgehead atoms. The lowest BCUT2D eigenvalue weighted by atomic mass is 10.0. The molecule has 3 aromatic carbocycles. The molecule has 2 aliphatic heterocycles. The van der Waals surface area contributed by atoms with Crippen LogP contribution in [0.1, 0.15) is 31.9 Å². The molecule has 0 amide bonds. The van der Waals surface area contributed by atoms with E-state index in [1.54, 1.807) is 34.2 Å². The molecule has 2 saturated heterocycles. The Kier molecular flexibility index (Phi) is 9.19. The van der Waals surface area contributed by atoms with Crippen LogP contribution in [0.25, 0.3) is 5.69 Å². The molecule has 49 heavy (non-hydrogen) atoms. The summed E-state index contributed by atoms with van der Waals surface area (Å²) in [5.74, 6) is -2.18. The van der Waals surface area contributed by atoms with E-state index in [0.29, 0.717) is 5.75 Å². The number of aromatic nitrogens is 5. The highest BCUT2D eigenvalue weighted by Gasteiger charge is 2.46. The van der Waals surface area contributed by atoms with Crippen LogP contribution in [0.4, 0.5) is 20.2 Å². The van der Waals surface area contributed by atoms with Gasteiger partial charge in [0.1, 0.15) is 36.4 Å². The number of anilines is 2. The van der Waals surface area contributed by atoms with Crippen molar-refractivity contribution in [2.75, 3.05) is 49.2 Å². The van der Waals surface area contributed by atoms with Gasteiger partial charge in [-0.1, -0.05) is 6.92 Å². The number of nitrogens with zero attached hydrogens (tertiary/aromatic N) is 7. The number of benzene rings is 3. The zero-order valence-electron chi connectivity index (χ0n) is 27.5. The molecule has 4 heterocycles. The molecule has 1 unspecified atom stereocenters. The molecule has 2 fully saturated rings. The zero-order valence-corrected chi connectivity index (χ0v) is 27.5. The number of hydrogen-bond acceptors (Lipinski definition) is 8. The van der Waals surface area contributed by atoms with Crippen molar-refractivity contribution in [3.05, 3.63) is 119 Å². The Hall–Kier alpha value is -5.01. The van der Waals surface area contributed by atoms with Gasteiger partial charge in [0, 0.05) is 61.6 Å². The van der Waals surface area contributed by atoms with Gasteiger partial charge in [-0.2, -0.15) is 5.10 Å². The van der Waals surface area contributed by atoms with E-state index in [1.807, 2.05) is 50.2 Å². The van der Waals surface area contributed by atoms with Crippen LogP contribution in [-0.2, 0) is 21.8 Å². The summed E-state index contributed by atoms with van der Waals surface area (Å²) < 4.78 is 51.8. The summed E-state index contributed by atoms with van der Waals surface area (Å²) in [6.07, 6.45) is 6.89. The summed E-state index contributed by atoms with van der Waals surface area (Å²) in [6, 6.07) is 19.4. The minimum atomic E-state index is -1.45. The Labute approximate surface area is 282 Å². The molecule has 5 aromatic rings.